The highest BCUT2D eigenvalue weighted by atomic mass is 35.5. The van der Waals surface area contributed by atoms with Crippen LogP contribution in [0.1, 0.15) is 24.5 Å². The summed E-state index contributed by atoms with van der Waals surface area (Å²) in [4.78, 5) is 0. The molecule has 0 aliphatic rings. The molecule has 5 heteroatoms. The molecule has 0 amide bonds. The highest BCUT2D eigenvalue weighted by Gasteiger charge is 2.13. The molecule has 0 fully saturated rings. The lowest BCUT2D eigenvalue weighted by atomic mass is 10.0. The molecule has 0 atom stereocenters. The minimum atomic E-state index is 0.587. The second-order valence-corrected chi connectivity index (χ2v) is 5.54. The molecule has 1 heterocycles. The first-order chi connectivity index (χ1) is 9.54. The summed E-state index contributed by atoms with van der Waals surface area (Å²) < 4.78 is 0. The molecule has 0 saturated carbocycles. The lowest BCUT2D eigenvalue weighted by Gasteiger charge is -2.13. The van der Waals surface area contributed by atoms with E-state index in [0.717, 1.165) is 41.2 Å². The van der Waals surface area contributed by atoms with Crippen molar-refractivity contribution in [3.05, 3.63) is 39.4 Å². The van der Waals surface area contributed by atoms with Gasteiger partial charge in [-0.05, 0) is 49.6 Å². The van der Waals surface area contributed by atoms with Crippen molar-refractivity contribution in [1.29, 1.82) is 0 Å². The largest absolute Gasteiger partial charge is 0.368 e. The van der Waals surface area contributed by atoms with E-state index >= 15 is 0 Å². The number of halogens is 2. The Morgan fingerprint density at radius 2 is 1.85 bits per heavy atom. The van der Waals surface area contributed by atoms with Crippen LogP contribution in [0.15, 0.2) is 18.2 Å². The van der Waals surface area contributed by atoms with Gasteiger partial charge in [0, 0.05) is 17.1 Å². The minimum absolute atomic E-state index is 0.587. The van der Waals surface area contributed by atoms with Gasteiger partial charge in [-0.1, -0.05) is 30.1 Å². The fourth-order valence-corrected chi connectivity index (χ4v) is 2.45. The number of hydrogen-bond acceptors (Lipinski definition) is 3. The molecule has 0 unspecified atom stereocenters. The zero-order valence-electron chi connectivity index (χ0n) is 11.8. The zero-order valence-corrected chi connectivity index (χ0v) is 13.3. The van der Waals surface area contributed by atoms with Crippen LogP contribution in [0.2, 0.25) is 10.0 Å². The number of nitrogens with one attached hydrogen (secondary N) is 1. The molecule has 1 N–H and O–H groups in total. The maximum absolute atomic E-state index is 6.24. The van der Waals surface area contributed by atoms with Crippen LogP contribution in [-0.2, 0) is 0 Å². The van der Waals surface area contributed by atoms with E-state index in [1.807, 2.05) is 26.0 Å². The summed E-state index contributed by atoms with van der Waals surface area (Å²) in [5.41, 5.74) is 3.81. The first kappa shape index (κ1) is 15.1. The Morgan fingerprint density at radius 1 is 1.10 bits per heavy atom. The van der Waals surface area contributed by atoms with Crippen LogP contribution in [0.3, 0.4) is 0 Å². The van der Waals surface area contributed by atoms with Gasteiger partial charge in [-0.25, -0.2) is 0 Å². The van der Waals surface area contributed by atoms with E-state index < -0.39 is 0 Å². The number of anilines is 1. The van der Waals surface area contributed by atoms with Crippen molar-refractivity contribution in [1.82, 2.24) is 10.2 Å². The maximum atomic E-state index is 6.24. The first-order valence-electron chi connectivity index (χ1n) is 6.57. The van der Waals surface area contributed by atoms with E-state index in [2.05, 4.69) is 22.4 Å². The Bertz CT molecular complexity index is 627. The summed E-state index contributed by atoms with van der Waals surface area (Å²) >= 11 is 12.2. The topological polar surface area (TPSA) is 37.8 Å². The average Bonchev–Trinajstić information content (AvgIpc) is 2.41. The molecule has 20 heavy (non-hydrogen) atoms. The third-order valence-electron chi connectivity index (χ3n) is 3.25. The van der Waals surface area contributed by atoms with Crippen molar-refractivity contribution in [2.45, 2.75) is 27.2 Å². The molecule has 1 aromatic heterocycles. The number of nitrogens with zero attached hydrogens (tertiary/aromatic N) is 2. The standard InChI is InChI=1S/C15H17Cl2N3/c1-4-7-18-15-10(3)9(2)14(19-20-15)12-6-5-11(16)8-13(12)17/h5-6,8H,4,7H2,1-3H3,(H,18,20). The predicted octanol–water partition coefficient (Wildman–Crippen LogP) is 4.89. The van der Waals surface area contributed by atoms with Gasteiger partial charge < -0.3 is 5.32 Å². The molecule has 3 nitrogen and oxygen atoms in total. The molecule has 0 aliphatic carbocycles. The summed E-state index contributed by atoms with van der Waals surface area (Å²) in [5, 5.41) is 13.1. The summed E-state index contributed by atoms with van der Waals surface area (Å²) in [5.74, 6) is 0.832. The highest BCUT2D eigenvalue weighted by molar-refractivity contribution is 6.36. The molecule has 2 rings (SSSR count). The van der Waals surface area contributed by atoms with Gasteiger partial charge >= 0.3 is 0 Å². The lowest BCUT2D eigenvalue weighted by molar-refractivity contribution is 0.933. The Hall–Kier alpha value is -1.32. The van der Waals surface area contributed by atoms with Gasteiger partial charge in [0.1, 0.15) is 0 Å². The molecule has 1 aromatic carbocycles. The Morgan fingerprint density at radius 3 is 2.50 bits per heavy atom. The molecule has 0 saturated heterocycles. The van der Waals surface area contributed by atoms with E-state index in [1.165, 1.54) is 0 Å². The summed E-state index contributed by atoms with van der Waals surface area (Å²) in [6, 6.07) is 5.40. The quantitative estimate of drug-likeness (QED) is 0.873. The van der Waals surface area contributed by atoms with Gasteiger partial charge in [-0.2, -0.15) is 0 Å². The van der Waals surface area contributed by atoms with Crippen LogP contribution in [0.25, 0.3) is 11.3 Å². The van der Waals surface area contributed by atoms with Crippen molar-refractivity contribution in [3.8, 4) is 11.3 Å². The summed E-state index contributed by atoms with van der Waals surface area (Å²) in [6.45, 7) is 7.07. The Balaban J connectivity index is 2.45. The van der Waals surface area contributed by atoms with Crippen molar-refractivity contribution < 1.29 is 0 Å². The molecule has 0 spiro atoms. The smallest absolute Gasteiger partial charge is 0.151 e. The first-order valence-corrected chi connectivity index (χ1v) is 7.33. The SMILES string of the molecule is CCCNc1nnc(-c2ccc(Cl)cc2Cl)c(C)c1C. The maximum Gasteiger partial charge on any atom is 0.151 e. The van der Waals surface area contributed by atoms with Gasteiger partial charge in [0.15, 0.2) is 5.82 Å². The second kappa shape index (κ2) is 6.42. The lowest BCUT2D eigenvalue weighted by Crippen LogP contribution is -2.07. The van der Waals surface area contributed by atoms with E-state index in [-0.39, 0.29) is 0 Å². The summed E-state index contributed by atoms with van der Waals surface area (Å²) in [7, 11) is 0. The van der Waals surface area contributed by atoms with Gasteiger partial charge in [0.2, 0.25) is 0 Å². The van der Waals surface area contributed by atoms with Crippen LogP contribution in [0.5, 0.6) is 0 Å². The summed E-state index contributed by atoms with van der Waals surface area (Å²) in [6.07, 6.45) is 1.05. The normalized spacial score (nSPS) is 10.7. The fraction of sp³-hybridized carbons (Fsp3) is 0.333. The van der Waals surface area contributed by atoms with Gasteiger partial charge in [0.25, 0.3) is 0 Å². The Labute approximate surface area is 129 Å². The monoisotopic (exact) mass is 309 g/mol. The highest BCUT2D eigenvalue weighted by Crippen LogP contribution is 2.32. The van der Waals surface area contributed by atoms with Crippen LogP contribution < -0.4 is 5.32 Å². The van der Waals surface area contributed by atoms with E-state index in [4.69, 9.17) is 23.2 Å². The van der Waals surface area contributed by atoms with Crippen LogP contribution in [0, 0.1) is 13.8 Å². The Kier molecular flexibility index (Phi) is 4.84. The fourth-order valence-electron chi connectivity index (χ4n) is 1.95. The van der Waals surface area contributed by atoms with Crippen molar-refractivity contribution in [2.24, 2.45) is 0 Å². The second-order valence-electron chi connectivity index (χ2n) is 4.70. The number of aromatic nitrogens is 2. The van der Waals surface area contributed by atoms with Crippen molar-refractivity contribution in [3.63, 3.8) is 0 Å². The molecular formula is C15H17Cl2N3. The minimum Gasteiger partial charge on any atom is -0.368 e. The predicted molar refractivity (Wildman–Crippen MR) is 85.7 cm³/mol. The molecular weight excluding hydrogens is 293 g/mol. The molecule has 0 bridgehead atoms. The van der Waals surface area contributed by atoms with Crippen molar-refractivity contribution in [2.75, 3.05) is 11.9 Å². The number of rotatable bonds is 4. The van der Waals surface area contributed by atoms with Crippen LogP contribution in [0.4, 0.5) is 5.82 Å². The third-order valence-corrected chi connectivity index (χ3v) is 3.80. The van der Waals surface area contributed by atoms with E-state index in [1.54, 1.807) is 6.07 Å². The third kappa shape index (κ3) is 3.05. The van der Waals surface area contributed by atoms with Gasteiger partial charge in [0.05, 0.1) is 10.7 Å². The van der Waals surface area contributed by atoms with E-state index in [9.17, 15) is 0 Å². The van der Waals surface area contributed by atoms with Gasteiger partial charge in [-0.15, -0.1) is 10.2 Å². The number of benzene rings is 1. The molecule has 0 radical (unpaired) electrons. The molecule has 0 aliphatic heterocycles. The number of hydrogen-bond donors (Lipinski definition) is 1. The zero-order chi connectivity index (χ0) is 14.7. The van der Waals surface area contributed by atoms with Crippen molar-refractivity contribution >= 4 is 29.0 Å². The average molecular weight is 310 g/mol. The van der Waals surface area contributed by atoms with Crippen LogP contribution in [-0.4, -0.2) is 16.7 Å². The van der Waals surface area contributed by atoms with Crippen LogP contribution >= 0.6 is 23.2 Å². The van der Waals surface area contributed by atoms with E-state index in [0.29, 0.717) is 10.0 Å². The molecule has 2 aromatic rings. The molecule has 106 valence electrons. The van der Waals surface area contributed by atoms with Gasteiger partial charge in [-0.3, -0.25) is 0 Å².